The average molecular weight is 235 g/mol. The highest BCUT2D eigenvalue weighted by atomic mass is 35.5. The van der Waals surface area contributed by atoms with Gasteiger partial charge >= 0.3 is 0 Å². The fraction of sp³-hybridized carbons (Fsp3) is 0.400. The first-order valence-electron chi connectivity index (χ1n) is 4.53. The van der Waals surface area contributed by atoms with Gasteiger partial charge in [0.1, 0.15) is 0 Å². The van der Waals surface area contributed by atoms with Crippen molar-refractivity contribution in [3.8, 4) is 0 Å². The van der Waals surface area contributed by atoms with Crippen LogP contribution in [0.4, 0.5) is 14.5 Å². The van der Waals surface area contributed by atoms with Crippen LogP contribution in [0.2, 0.25) is 5.02 Å². The summed E-state index contributed by atoms with van der Waals surface area (Å²) in [4.78, 5) is 1.46. The normalized spacial score (nSPS) is 10.8. The second kappa shape index (κ2) is 5.28. The summed E-state index contributed by atoms with van der Waals surface area (Å²) in [6.45, 7) is -0.0874. The molecule has 0 fully saturated rings. The van der Waals surface area contributed by atoms with E-state index in [2.05, 4.69) is 0 Å². The average Bonchev–Trinajstić information content (AvgIpc) is 2.16. The second-order valence-corrected chi connectivity index (χ2v) is 3.62. The van der Waals surface area contributed by atoms with Crippen LogP contribution in [0.5, 0.6) is 0 Å². The zero-order valence-electron chi connectivity index (χ0n) is 8.38. The summed E-state index contributed by atoms with van der Waals surface area (Å²) >= 11 is 5.92. The third-order valence-electron chi connectivity index (χ3n) is 2.12. The number of rotatable bonds is 4. The van der Waals surface area contributed by atoms with E-state index < -0.39 is 6.43 Å². The molecule has 0 saturated carbocycles. The van der Waals surface area contributed by atoms with Crippen molar-refractivity contribution in [2.75, 3.05) is 18.5 Å². The third kappa shape index (κ3) is 3.04. The molecule has 0 unspecified atom stereocenters. The van der Waals surface area contributed by atoms with Crippen LogP contribution in [0, 0.1) is 0 Å². The van der Waals surface area contributed by atoms with E-state index in [4.69, 9.17) is 17.3 Å². The third-order valence-corrected chi connectivity index (χ3v) is 2.48. The minimum Gasteiger partial charge on any atom is -0.369 e. The Kier molecular flexibility index (Phi) is 4.29. The Morgan fingerprint density at radius 3 is 2.67 bits per heavy atom. The van der Waals surface area contributed by atoms with Gasteiger partial charge in [-0.05, 0) is 12.1 Å². The lowest BCUT2D eigenvalue weighted by Gasteiger charge is -2.22. The number of nitrogens with two attached hydrogens (primary N) is 1. The Morgan fingerprint density at radius 2 is 2.13 bits per heavy atom. The van der Waals surface area contributed by atoms with Crippen molar-refractivity contribution in [3.05, 3.63) is 28.8 Å². The maximum atomic E-state index is 12.2. The Bertz CT molecular complexity index is 331. The fourth-order valence-corrected chi connectivity index (χ4v) is 1.66. The van der Waals surface area contributed by atoms with Gasteiger partial charge in [0.15, 0.2) is 0 Å². The molecule has 15 heavy (non-hydrogen) atoms. The summed E-state index contributed by atoms with van der Waals surface area (Å²) in [6.07, 6.45) is -2.38. The standard InChI is InChI=1S/C10H13ClF2N2/c1-15(6-10(12)13)9-4-2-3-8(11)7(9)5-14/h2-4,10H,5-6,14H2,1H3. The van der Waals surface area contributed by atoms with E-state index in [1.807, 2.05) is 0 Å². The van der Waals surface area contributed by atoms with E-state index in [1.165, 1.54) is 4.90 Å². The molecule has 0 bridgehead atoms. The van der Waals surface area contributed by atoms with Crippen LogP contribution in [0.25, 0.3) is 0 Å². The predicted molar refractivity (Wildman–Crippen MR) is 58.6 cm³/mol. The Hall–Kier alpha value is -0.870. The molecule has 1 aromatic carbocycles. The number of benzene rings is 1. The fourth-order valence-electron chi connectivity index (χ4n) is 1.41. The van der Waals surface area contributed by atoms with Crippen LogP contribution in [-0.2, 0) is 6.54 Å². The lowest BCUT2D eigenvalue weighted by molar-refractivity contribution is 0.156. The number of halogens is 3. The summed E-state index contributed by atoms with van der Waals surface area (Å²) in [7, 11) is 1.59. The molecule has 84 valence electrons. The maximum Gasteiger partial charge on any atom is 0.255 e. The van der Waals surface area contributed by atoms with Crippen molar-refractivity contribution in [1.82, 2.24) is 0 Å². The quantitative estimate of drug-likeness (QED) is 0.868. The van der Waals surface area contributed by atoms with E-state index in [-0.39, 0.29) is 13.1 Å². The van der Waals surface area contributed by atoms with Crippen molar-refractivity contribution >= 4 is 17.3 Å². The minimum atomic E-state index is -2.38. The molecule has 5 heteroatoms. The van der Waals surface area contributed by atoms with Crippen LogP contribution in [0.1, 0.15) is 5.56 Å². The van der Waals surface area contributed by atoms with Gasteiger partial charge in [-0.1, -0.05) is 17.7 Å². The zero-order valence-corrected chi connectivity index (χ0v) is 9.14. The predicted octanol–water partition coefficient (Wildman–Crippen LogP) is 2.50. The molecule has 0 aliphatic heterocycles. The van der Waals surface area contributed by atoms with E-state index in [0.29, 0.717) is 16.3 Å². The van der Waals surface area contributed by atoms with Crippen LogP contribution in [0.15, 0.2) is 18.2 Å². The highest BCUT2D eigenvalue weighted by Gasteiger charge is 2.13. The van der Waals surface area contributed by atoms with Gasteiger partial charge in [0.2, 0.25) is 0 Å². The lowest BCUT2D eigenvalue weighted by Crippen LogP contribution is -2.25. The SMILES string of the molecule is CN(CC(F)F)c1cccc(Cl)c1CN. The van der Waals surface area contributed by atoms with Gasteiger partial charge in [-0.3, -0.25) is 0 Å². The molecule has 0 aliphatic carbocycles. The van der Waals surface area contributed by atoms with Gasteiger partial charge in [-0.25, -0.2) is 8.78 Å². The topological polar surface area (TPSA) is 29.3 Å². The summed E-state index contributed by atoms with van der Waals surface area (Å²) < 4.78 is 24.4. The molecule has 0 aromatic heterocycles. The summed E-state index contributed by atoms with van der Waals surface area (Å²) in [5.74, 6) is 0. The number of hydrogen-bond acceptors (Lipinski definition) is 2. The van der Waals surface area contributed by atoms with Gasteiger partial charge in [-0.15, -0.1) is 0 Å². The van der Waals surface area contributed by atoms with Gasteiger partial charge in [-0.2, -0.15) is 0 Å². The highest BCUT2D eigenvalue weighted by molar-refractivity contribution is 6.31. The largest absolute Gasteiger partial charge is 0.369 e. The molecule has 0 saturated heterocycles. The van der Waals surface area contributed by atoms with E-state index >= 15 is 0 Å². The molecule has 2 nitrogen and oxygen atoms in total. The molecule has 0 spiro atoms. The van der Waals surface area contributed by atoms with E-state index in [0.717, 1.165) is 0 Å². The molecule has 1 aromatic rings. The molecular formula is C10H13ClF2N2. The van der Waals surface area contributed by atoms with E-state index in [9.17, 15) is 8.78 Å². The molecule has 0 radical (unpaired) electrons. The maximum absolute atomic E-state index is 12.2. The van der Waals surface area contributed by atoms with Crippen molar-refractivity contribution in [1.29, 1.82) is 0 Å². The van der Waals surface area contributed by atoms with Gasteiger partial charge in [0, 0.05) is 29.9 Å². The van der Waals surface area contributed by atoms with Crippen LogP contribution >= 0.6 is 11.6 Å². The second-order valence-electron chi connectivity index (χ2n) is 3.21. The first-order chi connectivity index (χ1) is 7.06. The van der Waals surface area contributed by atoms with Crippen LogP contribution in [0.3, 0.4) is 0 Å². The number of alkyl halides is 2. The smallest absolute Gasteiger partial charge is 0.255 e. The molecule has 0 atom stereocenters. The molecule has 1 rings (SSSR count). The first kappa shape index (κ1) is 12.2. The first-order valence-corrected chi connectivity index (χ1v) is 4.90. The monoisotopic (exact) mass is 234 g/mol. The van der Waals surface area contributed by atoms with E-state index in [1.54, 1.807) is 25.2 Å². The number of nitrogens with zero attached hydrogens (tertiary/aromatic N) is 1. The Balaban J connectivity index is 2.97. The Morgan fingerprint density at radius 1 is 1.47 bits per heavy atom. The molecule has 2 N–H and O–H groups in total. The van der Waals surface area contributed by atoms with Gasteiger partial charge in [0.25, 0.3) is 6.43 Å². The number of hydrogen-bond donors (Lipinski definition) is 1. The van der Waals surface area contributed by atoms with Gasteiger partial charge in [0.05, 0.1) is 6.54 Å². The molecular weight excluding hydrogens is 222 g/mol. The van der Waals surface area contributed by atoms with Crippen molar-refractivity contribution in [2.45, 2.75) is 13.0 Å². The summed E-state index contributed by atoms with van der Waals surface area (Å²) in [6, 6.07) is 5.15. The molecule has 0 heterocycles. The van der Waals surface area contributed by atoms with Crippen molar-refractivity contribution in [2.24, 2.45) is 5.73 Å². The van der Waals surface area contributed by atoms with Crippen LogP contribution < -0.4 is 10.6 Å². The molecule has 0 amide bonds. The highest BCUT2D eigenvalue weighted by Crippen LogP contribution is 2.26. The lowest BCUT2D eigenvalue weighted by atomic mass is 10.1. The minimum absolute atomic E-state index is 0.239. The van der Waals surface area contributed by atoms with Crippen molar-refractivity contribution < 1.29 is 8.78 Å². The number of anilines is 1. The van der Waals surface area contributed by atoms with Crippen molar-refractivity contribution in [3.63, 3.8) is 0 Å². The Labute approximate surface area is 92.6 Å². The van der Waals surface area contributed by atoms with Gasteiger partial charge < -0.3 is 10.6 Å². The summed E-state index contributed by atoms with van der Waals surface area (Å²) in [5, 5.41) is 0.510. The molecule has 0 aliphatic rings. The zero-order chi connectivity index (χ0) is 11.4. The van der Waals surface area contributed by atoms with Crippen LogP contribution in [-0.4, -0.2) is 20.0 Å². The summed E-state index contributed by atoms with van der Waals surface area (Å²) in [5.41, 5.74) is 6.88.